The molecule has 4 nitrogen and oxygen atoms in total. The van der Waals surface area contributed by atoms with Gasteiger partial charge in [0.1, 0.15) is 11.6 Å². The zero-order valence-corrected chi connectivity index (χ0v) is 24.3. The summed E-state index contributed by atoms with van der Waals surface area (Å²) in [4.78, 5) is 4.42. The van der Waals surface area contributed by atoms with Crippen LogP contribution in [0, 0.1) is 5.41 Å². The third-order valence-electron chi connectivity index (χ3n) is 6.59. The van der Waals surface area contributed by atoms with Gasteiger partial charge in [-0.15, -0.1) is 0 Å². The van der Waals surface area contributed by atoms with E-state index >= 15 is 0 Å². The van der Waals surface area contributed by atoms with E-state index < -0.39 is 6.04 Å². The number of halogens is 2. The highest BCUT2D eigenvalue weighted by Crippen LogP contribution is 2.34. The number of benzene rings is 2. The molecule has 0 amide bonds. The van der Waals surface area contributed by atoms with Crippen LogP contribution in [0.2, 0.25) is 10.0 Å². The van der Waals surface area contributed by atoms with Gasteiger partial charge in [0.15, 0.2) is 0 Å². The fraction of sp³-hybridized carbons (Fsp3) is 0.344. The molecule has 0 bridgehead atoms. The molecular formula is C32H39Cl2N3O. The Morgan fingerprint density at radius 2 is 1.61 bits per heavy atom. The Bertz CT molecular complexity index is 1230. The number of hydrogen-bond acceptors (Lipinski definition) is 4. The second-order valence-electron chi connectivity index (χ2n) is 11.4. The molecule has 3 rings (SSSR count). The number of pyridine rings is 1. The van der Waals surface area contributed by atoms with E-state index in [1.807, 2.05) is 24.4 Å². The first-order valence-corrected chi connectivity index (χ1v) is 13.7. The summed E-state index contributed by atoms with van der Waals surface area (Å²) < 4.78 is 0. The van der Waals surface area contributed by atoms with E-state index in [2.05, 4.69) is 80.7 Å². The second-order valence-corrected chi connectivity index (χ2v) is 12.2. The molecule has 38 heavy (non-hydrogen) atoms. The lowest BCUT2D eigenvalue weighted by Gasteiger charge is -2.36. The molecule has 0 aliphatic heterocycles. The molecule has 3 aromatic rings. The molecule has 202 valence electrons. The number of nitrogens with zero attached hydrogens (tertiary/aromatic N) is 1. The minimum Gasteiger partial charge on any atom is -0.511 e. The third-order valence-corrected chi connectivity index (χ3v) is 7.22. The number of nitrogens with one attached hydrogen (secondary N) is 2. The first kappa shape index (κ1) is 29.6. The van der Waals surface area contributed by atoms with E-state index in [1.54, 1.807) is 18.2 Å². The molecular weight excluding hydrogens is 513 g/mol. The highest BCUT2D eigenvalue weighted by atomic mass is 35.5. The number of rotatable bonds is 13. The summed E-state index contributed by atoms with van der Waals surface area (Å²) in [5.41, 5.74) is 3.56. The number of aliphatic hydroxyl groups excluding tert-OH is 1. The van der Waals surface area contributed by atoms with Gasteiger partial charge in [0.05, 0.1) is 16.1 Å². The minimum absolute atomic E-state index is 0.0310. The predicted molar refractivity (Wildman–Crippen MR) is 163 cm³/mol. The largest absolute Gasteiger partial charge is 0.511 e. The standard InChI is InChI=1S/C32H39Cl2N3O/c1-22(30-26(33)13-10-14-27(30)34)36-28(23(2)38)20-25-12-9-11-24(19-25)16-17-31(3,4)21-32(5,6)37-29-15-7-8-18-35-29/h7-15,18-19,28,36,38H,1-2,16-17,20-21H2,3-6H3,(H,35,37). The molecule has 0 radical (unpaired) electrons. The maximum atomic E-state index is 10.3. The normalized spacial score (nSPS) is 12.6. The van der Waals surface area contributed by atoms with Crippen LogP contribution < -0.4 is 10.6 Å². The van der Waals surface area contributed by atoms with E-state index in [9.17, 15) is 5.11 Å². The molecule has 6 heteroatoms. The van der Waals surface area contributed by atoms with E-state index in [0.29, 0.717) is 27.7 Å². The molecule has 0 aliphatic carbocycles. The summed E-state index contributed by atoms with van der Waals surface area (Å²) in [5.74, 6) is 0.928. The average molecular weight is 553 g/mol. The van der Waals surface area contributed by atoms with E-state index in [-0.39, 0.29) is 16.7 Å². The molecule has 1 heterocycles. The Morgan fingerprint density at radius 3 is 2.24 bits per heavy atom. The van der Waals surface area contributed by atoms with Crippen molar-refractivity contribution < 1.29 is 5.11 Å². The molecule has 1 aromatic heterocycles. The van der Waals surface area contributed by atoms with Gasteiger partial charge in [-0.3, -0.25) is 0 Å². The summed E-state index contributed by atoms with van der Waals surface area (Å²) in [5, 5.41) is 18.2. The van der Waals surface area contributed by atoms with Crippen LogP contribution in [-0.4, -0.2) is 21.7 Å². The Balaban J connectivity index is 1.62. The van der Waals surface area contributed by atoms with Crippen molar-refractivity contribution in [2.75, 3.05) is 5.32 Å². The zero-order chi connectivity index (χ0) is 27.9. The van der Waals surface area contributed by atoms with Crippen LogP contribution in [0.1, 0.15) is 57.2 Å². The Hall–Kier alpha value is -2.95. The van der Waals surface area contributed by atoms with Crippen molar-refractivity contribution in [3.63, 3.8) is 0 Å². The van der Waals surface area contributed by atoms with Gasteiger partial charge in [0.2, 0.25) is 0 Å². The lowest BCUT2D eigenvalue weighted by atomic mass is 9.76. The van der Waals surface area contributed by atoms with E-state index in [4.69, 9.17) is 23.2 Å². The quantitative estimate of drug-likeness (QED) is 0.185. The topological polar surface area (TPSA) is 57.2 Å². The fourth-order valence-electron chi connectivity index (χ4n) is 5.06. The van der Waals surface area contributed by atoms with Crippen LogP contribution in [0.4, 0.5) is 5.82 Å². The number of aromatic nitrogens is 1. The third kappa shape index (κ3) is 8.82. The molecule has 0 spiro atoms. The summed E-state index contributed by atoms with van der Waals surface area (Å²) in [6.07, 6.45) is 5.36. The van der Waals surface area contributed by atoms with Gasteiger partial charge in [-0.05, 0) is 80.3 Å². The Morgan fingerprint density at radius 1 is 0.947 bits per heavy atom. The van der Waals surface area contributed by atoms with Gasteiger partial charge in [-0.1, -0.05) is 86.6 Å². The van der Waals surface area contributed by atoms with E-state index in [0.717, 1.165) is 30.6 Å². The average Bonchev–Trinajstić information content (AvgIpc) is 2.82. The number of aryl methyl sites for hydroxylation is 1. The molecule has 0 saturated carbocycles. The lowest BCUT2D eigenvalue weighted by Crippen LogP contribution is -2.36. The van der Waals surface area contributed by atoms with Crippen LogP contribution in [-0.2, 0) is 12.8 Å². The number of aliphatic hydroxyl groups is 1. The van der Waals surface area contributed by atoms with Crippen LogP contribution in [0.5, 0.6) is 0 Å². The van der Waals surface area contributed by atoms with Crippen LogP contribution >= 0.6 is 23.2 Å². The minimum atomic E-state index is -0.431. The first-order chi connectivity index (χ1) is 17.8. The summed E-state index contributed by atoms with van der Waals surface area (Å²) in [7, 11) is 0. The summed E-state index contributed by atoms with van der Waals surface area (Å²) >= 11 is 12.7. The summed E-state index contributed by atoms with van der Waals surface area (Å²) in [6.45, 7) is 17.0. The smallest absolute Gasteiger partial charge is 0.126 e. The zero-order valence-electron chi connectivity index (χ0n) is 22.8. The predicted octanol–water partition coefficient (Wildman–Crippen LogP) is 8.87. The highest BCUT2D eigenvalue weighted by molar-refractivity contribution is 6.37. The SMILES string of the molecule is C=C(NC(Cc1cccc(CCC(C)(C)CC(C)(C)Nc2ccccn2)c1)C(=C)O)c1c(Cl)cccc1Cl. The monoisotopic (exact) mass is 551 g/mol. The van der Waals surface area contributed by atoms with Gasteiger partial charge >= 0.3 is 0 Å². The van der Waals surface area contributed by atoms with Crippen LogP contribution in [0.25, 0.3) is 5.70 Å². The van der Waals surface area contributed by atoms with Crippen molar-refractivity contribution in [3.05, 3.63) is 113 Å². The summed E-state index contributed by atoms with van der Waals surface area (Å²) in [6, 6.07) is 19.3. The van der Waals surface area contributed by atoms with Crippen LogP contribution in [0.15, 0.2) is 85.8 Å². The van der Waals surface area contributed by atoms with Crippen LogP contribution in [0.3, 0.4) is 0 Å². The molecule has 0 saturated heterocycles. The van der Waals surface area contributed by atoms with Gasteiger partial charge in [0, 0.05) is 23.0 Å². The molecule has 3 N–H and O–H groups in total. The lowest BCUT2D eigenvalue weighted by molar-refractivity contribution is 0.253. The van der Waals surface area contributed by atoms with Crippen molar-refractivity contribution in [1.82, 2.24) is 10.3 Å². The Kier molecular flexibility index (Phi) is 9.92. The van der Waals surface area contributed by atoms with Gasteiger partial charge in [-0.2, -0.15) is 0 Å². The number of hydrogen-bond donors (Lipinski definition) is 3. The van der Waals surface area contributed by atoms with Crippen molar-refractivity contribution in [2.24, 2.45) is 5.41 Å². The van der Waals surface area contributed by atoms with Crippen molar-refractivity contribution in [1.29, 1.82) is 0 Å². The fourth-order valence-corrected chi connectivity index (χ4v) is 5.69. The number of anilines is 1. The maximum Gasteiger partial charge on any atom is 0.126 e. The molecule has 2 aromatic carbocycles. The first-order valence-electron chi connectivity index (χ1n) is 12.9. The molecule has 0 aliphatic rings. The van der Waals surface area contributed by atoms with Gasteiger partial charge in [0.25, 0.3) is 0 Å². The molecule has 1 unspecified atom stereocenters. The highest BCUT2D eigenvalue weighted by Gasteiger charge is 2.29. The van der Waals surface area contributed by atoms with E-state index in [1.165, 1.54) is 5.56 Å². The molecule has 0 fully saturated rings. The van der Waals surface area contributed by atoms with Crippen molar-refractivity contribution in [2.45, 2.75) is 65.0 Å². The second kappa shape index (κ2) is 12.7. The molecule has 1 atom stereocenters. The Labute approximate surface area is 237 Å². The van der Waals surface area contributed by atoms with Gasteiger partial charge < -0.3 is 15.7 Å². The van der Waals surface area contributed by atoms with Crippen molar-refractivity contribution >= 4 is 34.7 Å². The van der Waals surface area contributed by atoms with Gasteiger partial charge in [-0.25, -0.2) is 4.98 Å². The maximum absolute atomic E-state index is 10.3. The van der Waals surface area contributed by atoms with Crippen molar-refractivity contribution in [3.8, 4) is 0 Å².